The van der Waals surface area contributed by atoms with Gasteiger partial charge in [0.1, 0.15) is 11.9 Å². The zero-order valence-electron chi connectivity index (χ0n) is 22.8. The van der Waals surface area contributed by atoms with E-state index < -0.39 is 0 Å². The lowest BCUT2D eigenvalue weighted by Crippen LogP contribution is -2.51. The van der Waals surface area contributed by atoms with Gasteiger partial charge in [-0.05, 0) is 68.9 Å². The number of rotatable bonds is 4. The lowest BCUT2D eigenvalue weighted by molar-refractivity contribution is 0.0267. The number of ether oxygens (including phenoxy) is 1. The van der Waals surface area contributed by atoms with Gasteiger partial charge in [-0.25, -0.2) is 0 Å². The largest absolute Gasteiger partial charge is 0.487 e. The van der Waals surface area contributed by atoms with Crippen molar-refractivity contribution in [1.82, 2.24) is 9.80 Å². The fourth-order valence-corrected chi connectivity index (χ4v) is 5.67. The molecule has 1 aliphatic heterocycles. The van der Waals surface area contributed by atoms with E-state index in [0.29, 0.717) is 11.3 Å². The number of hydrogen-bond donors (Lipinski definition) is 0. The molecule has 0 spiro atoms. The summed E-state index contributed by atoms with van der Waals surface area (Å²) in [6.07, 6.45) is 8.78. The molecule has 2 aromatic rings. The van der Waals surface area contributed by atoms with Gasteiger partial charge in [-0.15, -0.1) is 0 Å². The van der Waals surface area contributed by atoms with Crippen LogP contribution in [-0.2, 0) is 0 Å². The third kappa shape index (κ3) is 6.65. The lowest BCUT2D eigenvalue weighted by Gasteiger charge is -2.40. The minimum atomic E-state index is -0.133. The maximum atomic E-state index is 14.0. The van der Waals surface area contributed by atoms with Crippen LogP contribution in [0.3, 0.4) is 0 Å². The Morgan fingerprint density at radius 1 is 0.946 bits per heavy atom. The van der Waals surface area contributed by atoms with Crippen LogP contribution in [0.15, 0.2) is 48.5 Å². The molecule has 4 rings (SSSR count). The molecular weight excluding hydrogens is 462 g/mol. The van der Waals surface area contributed by atoms with Crippen LogP contribution in [-0.4, -0.2) is 67.5 Å². The summed E-state index contributed by atoms with van der Waals surface area (Å²) in [6, 6.07) is 15.6. The summed E-state index contributed by atoms with van der Waals surface area (Å²) in [7, 11) is 3.99. The summed E-state index contributed by atoms with van der Waals surface area (Å²) in [5.41, 5.74) is 2.38. The predicted molar refractivity (Wildman–Crippen MR) is 150 cm³/mol. The highest BCUT2D eigenvalue weighted by Gasteiger charge is 2.35. The highest BCUT2D eigenvalue weighted by Crippen LogP contribution is 2.31. The number of amides is 2. The van der Waals surface area contributed by atoms with E-state index in [1.54, 1.807) is 0 Å². The van der Waals surface area contributed by atoms with E-state index in [0.717, 1.165) is 88.7 Å². The summed E-state index contributed by atoms with van der Waals surface area (Å²) in [5.74, 6) is 0.773. The first-order valence-corrected chi connectivity index (χ1v) is 14.1. The van der Waals surface area contributed by atoms with Gasteiger partial charge in [-0.2, -0.15) is 0 Å². The Labute approximate surface area is 222 Å². The summed E-state index contributed by atoms with van der Waals surface area (Å²) in [6.45, 7) is 4.36. The van der Waals surface area contributed by atoms with Crippen LogP contribution in [0, 0.1) is 0 Å². The summed E-state index contributed by atoms with van der Waals surface area (Å²) in [5, 5.41) is 0. The van der Waals surface area contributed by atoms with Crippen molar-refractivity contribution in [3.05, 3.63) is 59.7 Å². The molecule has 0 aromatic heterocycles. The van der Waals surface area contributed by atoms with Crippen molar-refractivity contribution >= 4 is 17.5 Å². The van der Waals surface area contributed by atoms with Crippen LogP contribution in [0.25, 0.3) is 0 Å². The maximum Gasteiger partial charge on any atom is 0.257 e. The van der Waals surface area contributed by atoms with Gasteiger partial charge < -0.3 is 19.4 Å². The minimum Gasteiger partial charge on any atom is -0.487 e. The Morgan fingerprint density at radius 3 is 2.49 bits per heavy atom. The number of carbonyl (C=O) groups excluding carboxylic acids is 2. The molecule has 2 aliphatic rings. The number of carbonyl (C=O) groups is 2. The monoisotopic (exact) mass is 505 g/mol. The van der Waals surface area contributed by atoms with Gasteiger partial charge in [-0.3, -0.25) is 9.59 Å². The molecule has 6 heteroatoms. The molecule has 1 fully saturated rings. The van der Waals surface area contributed by atoms with Crippen LogP contribution < -0.4 is 9.64 Å². The third-order valence-electron chi connectivity index (χ3n) is 7.69. The number of benzene rings is 2. The normalized spacial score (nSPS) is 21.3. The molecule has 200 valence electrons. The van der Waals surface area contributed by atoms with Crippen molar-refractivity contribution in [2.75, 3.05) is 38.6 Å². The number of fused-ring (bicyclic) bond motifs is 2. The minimum absolute atomic E-state index is 0.0119. The Kier molecular flexibility index (Phi) is 9.48. The van der Waals surface area contributed by atoms with Crippen LogP contribution in [0.4, 0.5) is 5.69 Å². The summed E-state index contributed by atoms with van der Waals surface area (Å²) >= 11 is 0. The number of anilines is 1. The molecule has 2 aromatic carbocycles. The first kappa shape index (κ1) is 27.0. The maximum absolute atomic E-state index is 14.0. The van der Waals surface area contributed by atoms with Crippen molar-refractivity contribution in [2.24, 2.45) is 0 Å². The van der Waals surface area contributed by atoms with E-state index in [4.69, 9.17) is 4.74 Å². The molecule has 0 N–H and O–H groups in total. The molecule has 6 nitrogen and oxygen atoms in total. The molecule has 2 atom stereocenters. The number of nitrogens with zero attached hydrogens (tertiary/aromatic N) is 3. The Hall–Kier alpha value is -3.02. The molecule has 1 aliphatic carbocycles. The zero-order valence-corrected chi connectivity index (χ0v) is 22.8. The SMILES string of the molecule is CCCN1CCCCCCN(C(=O)c2cccc(N(C)C)c2)[C@@H]2CCCC[C@@H]2Oc2ccccc2C1=O. The van der Waals surface area contributed by atoms with Crippen LogP contribution in [0.5, 0.6) is 5.75 Å². The average Bonchev–Trinajstić information content (AvgIpc) is 2.92. The first-order valence-electron chi connectivity index (χ1n) is 14.1. The second kappa shape index (κ2) is 13.0. The fraction of sp³-hybridized carbons (Fsp3) is 0.548. The van der Waals surface area contributed by atoms with Crippen molar-refractivity contribution < 1.29 is 14.3 Å². The fourth-order valence-electron chi connectivity index (χ4n) is 5.67. The summed E-state index contributed by atoms with van der Waals surface area (Å²) in [4.78, 5) is 33.6. The zero-order chi connectivity index (χ0) is 26.2. The number of para-hydroxylation sites is 1. The Balaban J connectivity index is 1.67. The topological polar surface area (TPSA) is 53.1 Å². The molecule has 1 heterocycles. The average molecular weight is 506 g/mol. The highest BCUT2D eigenvalue weighted by molar-refractivity contribution is 5.97. The van der Waals surface area contributed by atoms with E-state index in [2.05, 4.69) is 11.8 Å². The van der Waals surface area contributed by atoms with E-state index in [1.165, 1.54) is 0 Å². The first-order chi connectivity index (χ1) is 18.0. The van der Waals surface area contributed by atoms with Crippen molar-refractivity contribution in [2.45, 2.75) is 76.9 Å². The van der Waals surface area contributed by atoms with Gasteiger partial charge in [0.05, 0.1) is 11.6 Å². The van der Waals surface area contributed by atoms with E-state index in [1.807, 2.05) is 72.4 Å². The van der Waals surface area contributed by atoms with Gasteiger partial charge in [0.25, 0.3) is 11.8 Å². The molecule has 0 unspecified atom stereocenters. The van der Waals surface area contributed by atoms with Crippen LogP contribution >= 0.6 is 0 Å². The smallest absolute Gasteiger partial charge is 0.257 e. The van der Waals surface area contributed by atoms with Crippen LogP contribution in [0.2, 0.25) is 0 Å². The van der Waals surface area contributed by atoms with Crippen molar-refractivity contribution in [3.63, 3.8) is 0 Å². The molecule has 0 saturated heterocycles. The van der Waals surface area contributed by atoms with Gasteiger partial charge >= 0.3 is 0 Å². The molecule has 2 amide bonds. The van der Waals surface area contributed by atoms with Gasteiger partial charge in [0.2, 0.25) is 0 Å². The third-order valence-corrected chi connectivity index (χ3v) is 7.69. The van der Waals surface area contributed by atoms with Gasteiger partial charge in [0, 0.05) is 45.0 Å². The Bertz CT molecular complexity index is 1050. The Morgan fingerprint density at radius 2 is 1.70 bits per heavy atom. The second-order valence-corrected chi connectivity index (χ2v) is 10.7. The summed E-state index contributed by atoms with van der Waals surface area (Å²) < 4.78 is 6.67. The molecular formula is C31H43N3O3. The van der Waals surface area contributed by atoms with Crippen molar-refractivity contribution in [3.8, 4) is 5.75 Å². The van der Waals surface area contributed by atoms with E-state index >= 15 is 0 Å². The molecule has 0 bridgehead atoms. The lowest BCUT2D eigenvalue weighted by atomic mass is 9.90. The molecule has 37 heavy (non-hydrogen) atoms. The van der Waals surface area contributed by atoms with Gasteiger partial charge in [0.15, 0.2) is 0 Å². The van der Waals surface area contributed by atoms with E-state index in [9.17, 15) is 9.59 Å². The van der Waals surface area contributed by atoms with Crippen molar-refractivity contribution in [1.29, 1.82) is 0 Å². The molecule has 0 radical (unpaired) electrons. The quantitative estimate of drug-likeness (QED) is 0.511. The predicted octanol–water partition coefficient (Wildman–Crippen LogP) is 6.01. The number of hydrogen-bond acceptors (Lipinski definition) is 4. The van der Waals surface area contributed by atoms with E-state index in [-0.39, 0.29) is 24.0 Å². The van der Waals surface area contributed by atoms with Crippen LogP contribution in [0.1, 0.15) is 85.4 Å². The second-order valence-electron chi connectivity index (χ2n) is 10.7. The molecule has 1 saturated carbocycles. The van der Waals surface area contributed by atoms with Gasteiger partial charge in [-0.1, -0.05) is 44.4 Å². The standard InChI is InChI=1S/C31H43N3O3/c1-4-20-33-21-11-5-6-12-22-34(30(35)24-14-13-15-25(23-24)32(2)3)27-17-8-10-19-29(27)37-28-18-9-7-16-26(28)31(33)36/h7,9,13-16,18,23,27,29H,4-6,8,10-12,17,19-22H2,1-3H3/t27-,29+/m1/s1. The highest BCUT2D eigenvalue weighted by atomic mass is 16.5.